The summed E-state index contributed by atoms with van der Waals surface area (Å²) in [5.41, 5.74) is 1.07. The zero-order valence-corrected chi connectivity index (χ0v) is 19.6. The number of morpholine rings is 1. The molecule has 0 aromatic heterocycles. The number of aliphatic imine (C=N–C) groups is 1. The maximum atomic E-state index is 12.4. The van der Waals surface area contributed by atoms with Crippen LogP contribution >= 0.6 is 24.0 Å². The van der Waals surface area contributed by atoms with Gasteiger partial charge < -0.3 is 29.7 Å². The van der Waals surface area contributed by atoms with Crippen molar-refractivity contribution in [3.63, 3.8) is 0 Å². The molecule has 0 aliphatic carbocycles. The first-order valence-corrected chi connectivity index (χ1v) is 9.81. The minimum Gasteiger partial charge on any atom is -0.497 e. The average molecular weight is 520 g/mol. The topological polar surface area (TPSA) is 84.4 Å². The molecule has 0 unspecified atom stereocenters. The number of hydrogen-bond acceptors (Lipinski definition) is 5. The lowest BCUT2D eigenvalue weighted by Gasteiger charge is -2.27. The van der Waals surface area contributed by atoms with Crippen molar-refractivity contribution in [3.8, 4) is 5.75 Å². The fourth-order valence-electron chi connectivity index (χ4n) is 2.68. The lowest BCUT2D eigenvalue weighted by atomic mass is 10.2. The molecule has 1 saturated heterocycles. The first-order valence-electron chi connectivity index (χ1n) is 9.81. The van der Waals surface area contributed by atoms with Crippen molar-refractivity contribution in [2.75, 3.05) is 59.7 Å². The van der Waals surface area contributed by atoms with Gasteiger partial charge in [-0.05, 0) is 31.0 Å². The third-order valence-electron chi connectivity index (χ3n) is 4.31. The standard InChI is InChI=1S/C20H32N4O4.HI/c1-3-27-12-4-9-21-20(22-15-17-5-7-18(26-2)8-6-17)23-16-19(25)24-10-13-28-14-11-24;/h5-8H,3-4,9-16H2,1-2H3,(H2,21,22,23);1H. The Hall–Kier alpha value is -1.59. The molecule has 0 saturated carbocycles. The molecule has 2 rings (SSSR count). The molecule has 164 valence electrons. The number of amides is 1. The van der Waals surface area contributed by atoms with Crippen molar-refractivity contribution < 1.29 is 19.0 Å². The Kier molecular flexibility index (Phi) is 13.4. The summed E-state index contributed by atoms with van der Waals surface area (Å²) in [6.45, 7) is 7.30. The maximum Gasteiger partial charge on any atom is 0.242 e. The van der Waals surface area contributed by atoms with E-state index in [1.165, 1.54) is 0 Å². The van der Waals surface area contributed by atoms with Crippen LogP contribution in [0.2, 0.25) is 0 Å². The highest BCUT2D eigenvalue weighted by molar-refractivity contribution is 14.0. The van der Waals surface area contributed by atoms with Crippen molar-refractivity contribution in [3.05, 3.63) is 29.8 Å². The summed E-state index contributed by atoms with van der Waals surface area (Å²) in [6.07, 6.45) is 0.870. The first-order chi connectivity index (χ1) is 13.7. The fraction of sp³-hybridized carbons (Fsp3) is 0.600. The van der Waals surface area contributed by atoms with Crippen LogP contribution in [0.1, 0.15) is 18.9 Å². The number of nitrogens with zero attached hydrogens (tertiary/aromatic N) is 2. The van der Waals surface area contributed by atoms with E-state index in [4.69, 9.17) is 14.2 Å². The van der Waals surface area contributed by atoms with E-state index in [9.17, 15) is 4.79 Å². The Morgan fingerprint density at radius 2 is 1.93 bits per heavy atom. The van der Waals surface area contributed by atoms with Crippen molar-refractivity contribution >= 4 is 35.8 Å². The van der Waals surface area contributed by atoms with Crippen LogP contribution in [0.4, 0.5) is 0 Å². The monoisotopic (exact) mass is 520 g/mol. The number of rotatable bonds is 10. The van der Waals surface area contributed by atoms with Crippen LogP contribution in [0.15, 0.2) is 29.3 Å². The van der Waals surface area contributed by atoms with E-state index in [0.29, 0.717) is 52.0 Å². The lowest BCUT2D eigenvalue weighted by Crippen LogP contribution is -2.48. The number of guanidine groups is 1. The van der Waals surface area contributed by atoms with E-state index < -0.39 is 0 Å². The average Bonchev–Trinajstić information content (AvgIpc) is 2.75. The highest BCUT2D eigenvalue weighted by Crippen LogP contribution is 2.11. The van der Waals surface area contributed by atoms with E-state index in [0.717, 1.165) is 24.3 Å². The predicted molar refractivity (Wildman–Crippen MR) is 124 cm³/mol. The number of carbonyl (C=O) groups excluding carboxylic acids is 1. The number of nitrogens with one attached hydrogen (secondary N) is 2. The van der Waals surface area contributed by atoms with Crippen molar-refractivity contribution in [2.24, 2.45) is 4.99 Å². The second-order valence-electron chi connectivity index (χ2n) is 6.34. The molecule has 29 heavy (non-hydrogen) atoms. The fourth-order valence-corrected chi connectivity index (χ4v) is 2.68. The van der Waals surface area contributed by atoms with E-state index in [1.54, 1.807) is 7.11 Å². The molecule has 1 aromatic rings. The van der Waals surface area contributed by atoms with Crippen molar-refractivity contribution in [2.45, 2.75) is 19.9 Å². The Bertz CT molecular complexity index is 607. The van der Waals surface area contributed by atoms with Gasteiger partial charge in [0, 0.05) is 32.8 Å². The quantitative estimate of drug-likeness (QED) is 0.211. The number of ether oxygens (including phenoxy) is 3. The first kappa shape index (κ1) is 25.4. The number of carbonyl (C=O) groups is 1. The van der Waals surface area contributed by atoms with Gasteiger partial charge in [0.1, 0.15) is 5.75 Å². The van der Waals surface area contributed by atoms with Crippen molar-refractivity contribution in [1.29, 1.82) is 0 Å². The normalized spacial score (nSPS) is 14.1. The van der Waals surface area contributed by atoms with E-state index in [2.05, 4.69) is 15.6 Å². The Balaban J connectivity index is 0.00000420. The van der Waals surface area contributed by atoms with Gasteiger partial charge in [0.2, 0.25) is 5.91 Å². The van der Waals surface area contributed by atoms with Gasteiger partial charge in [0.05, 0.1) is 33.4 Å². The Labute approximate surface area is 190 Å². The zero-order valence-electron chi connectivity index (χ0n) is 17.3. The Morgan fingerprint density at radius 1 is 1.21 bits per heavy atom. The number of halogens is 1. The lowest BCUT2D eigenvalue weighted by molar-refractivity contribution is -0.134. The highest BCUT2D eigenvalue weighted by Gasteiger charge is 2.16. The van der Waals surface area contributed by atoms with Gasteiger partial charge >= 0.3 is 0 Å². The molecule has 9 heteroatoms. The summed E-state index contributed by atoms with van der Waals surface area (Å²) in [4.78, 5) is 18.8. The van der Waals surface area contributed by atoms with Crippen LogP contribution in [-0.4, -0.2) is 76.5 Å². The van der Waals surface area contributed by atoms with Gasteiger partial charge in [0.25, 0.3) is 0 Å². The zero-order chi connectivity index (χ0) is 20.0. The smallest absolute Gasteiger partial charge is 0.242 e. The maximum absolute atomic E-state index is 12.4. The predicted octanol–water partition coefficient (Wildman–Crippen LogP) is 1.63. The van der Waals surface area contributed by atoms with E-state index in [1.807, 2.05) is 36.1 Å². The van der Waals surface area contributed by atoms with Crippen molar-refractivity contribution in [1.82, 2.24) is 15.5 Å². The molecular formula is C20H33IN4O4. The number of hydrogen-bond donors (Lipinski definition) is 2. The highest BCUT2D eigenvalue weighted by atomic mass is 127. The summed E-state index contributed by atoms with van der Waals surface area (Å²) < 4.78 is 15.8. The van der Waals surface area contributed by atoms with E-state index in [-0.39, 0.29) is 36.4 Å². The Morgan fingerprint density at radius 3 is 2.59 bits per heavy atom. The molecular weight excluding hydrogens is 487 g/mol. The molecule has 1 aliphatic rings. The summed E-state index contributed by atoms with van der Waals surface area (Å²) >= 11 is 0. The van der Waals surface area contributed by atoms with Crippen LogP contribution in [0.3, 0.4) is 0 Å². The van der Waals surface area contributed by atoms with Gasteiger partial charge in [-0.2, -0.15) is 0 Å². The number of benzene rings is 1. The molecule has 1 amide bonds. The molecule has 1 heterocycles. The minimum absolute atomic E-state index is 0. The summed E-state index contributed by atoms with van der Waals surface area (Å²) in [6, 6.07) is 7.78. The van der Waals surface area contributed by atoms with Crippen LogP contribution in [-0.2, 0) is 20.8 Å². The van der Waals surface area contributed by atoms with Crippen LogP contribution in [0.5, 0.6) is 5.75 Å². The molecule has 0 spiro atoms. The second-order valence-corrected chi connectivity index (χ2v) is 6.34. The minimum atomic E-state index is 0. The second kappa shape index (κ2) is 15.3. The van der Waals surface area contributed by atoms with Gasteiger partial charge in [-0.15, -0.1) is 24.0 Å². The molecule has 0 radical (unpaired) electrons. The summed E-state index contributed by atoms with van der Waals surface area (Å²) in [7, 11) is 1.65. The largest absolute Gasteiger partial charge is 0.497 e. The van der Waals surface area contributed by atoms with Crippen LogP contribution in [0, 0.1) is 0 Å². The van der Waals surface area contributed by atoms with Gasteiger partial charge in [-0.1, -0.05) is 12.1 Å². The van der Waals surface area contributed by atoms with Gasteiger partial charge in [0.15, 0.2) is 5.96 Å². The SMILES string of the molecule is CCOCCCNC(=NCc1ccc(OC)cc1)NCC(=O)N1CCOCC1.I. The van der Waals surface area contributed by atoms with Crippen LogP contribution in [0.25, 0.3) is 0 Å². The van der Waals surface area contributed by atoms with Crippen LogP contribution < -0.4 is 15.4 Å². The third-order valence-corrected chi connectivity index (χ3v) is 4.31. The molecule has 2 N–H and O–H groups in total. The summed E-state index contributed by atoms with van der Waals surface area (Å²) in [5.74, 6) is 1.49. The molecule has 1 aromatic carbocycles. The molecule has 1 fully saturated rings. The van der Waals surface area contributed by atoms with E-state index >= 15 is 0 Å². The molecule has 8 nitrogen and oxygen atoms in total. The number of methoxy groups -OCH3 is 1. The molecule has 0 bridgehead atoms. The summed E-state index contributed by atoms with van der Waals surface area (Å²) in [5, 5.41) is 6.41. The molecule has 0 atom stereocenters. The third kappa shape index (κ3) is 10.1. The van der Waals surface area contributed by atoms with Gasteiger partial charge in [-0.25, -0.2) is 4.99 Å². The molecule has 1 aliphatic heterocycles. The van der Waals surface area contributed by atoms with Gasteiger partial charge in [-0.3, -0.25) is 4.79 Å².